The Bertz CT molecular complexity index is 366. The predicted octanol–water partition coefficient (Wildman–Crippen LogP) is 2.85. The van der Waals surface area contributed by atoms with E-state index >= 15 is 0 Å². The van der Waals surface area contributed by atoms with Gasteiger partial charge in [0.05, 0.1) is 12.0 Å². The molecule has 0 unspecified atom stereocenters. The van der Waals surface area contributed by atoms with Crippen LogP contribution in [0.4, 0.5) is 0 Å². The molecule has 1 aromatic rings. The van der Waals surface area contributed by atoms with E-state index in [9.17, 15) is 4.79 Å². The van der Waals surface area contributed by atoms with Crippen molar-refractivity contribution in [2.75, 3.05) is 5.75 Å². The first-order chi connectivity index (χ1) is 7.09. The normalized spacial score (nSPS) is 11.7. The highest BCUT2D eigenvalue weighted by atomic mass is 32.2. The van der Waals surface area contributed by atoms with Crippen molar-refractivity contribution in [3.63, 3.8) is 0 Å². The average Bonchev–Trinajstić information content (AvgIpc) is 2.50. The van der Waals surface area contributed by atoms with Crippen LogP contribution < -0.4 is 0 Å². The average molecular weight is 226 g/mol. The van der Waals surface area contributed by atoms with E-state index in [2.05, 4.69) is 0 Å². The maximum atomic E-state index is 10.4. The molecule has 0 aliphatic carbocycles. The summed E-state index contributed by atoms with van der Waals surface area (Å²) in [6.45, 7) is 3.81. The molecule has 4 heteroatoms. The van der Waals surface area contributed by atoms with Gasteiger partial charge in [-0.3, -0.25) is 0 Å². The minimum absolute atomic E-state index is 0.715. The zero-order valence-corrected chi connectivity index (χ0v) is 9.63. The fourth-order valence-electron chi connectivity index (χ4n) is 1.11. The number of carbonyl (C=O) groups is 1. The second kappa shape index (κ2) is 5.66. The van der Waals surface area contributed by atoms with Crippen molar-refractivity contribution in [3.05, 3.63) is 35.3 Å². The fourth-order valence-corrected chi connectivity index (χ4v) is 2.10. The summed E-state index contributed by atoms with van der Waals surface area (Å²) in [7, 11) is 0. The van der Waals surface area contributed by atoms with Gasteiger partial charge in [0.1, 0.15) is 5.76 Å². The van der Waals surface area contributed by atoms with Crippen LogP contribution in [0.25, 0.3) is 0 Å². The van der Waals surface area contributed by atoms with Gasteiger partial charge in [0.15, 0.2) is 0 Å². The second-order valence-corrected chi connectivity index (χ2v) is 4.33. The zero-order chi connectivity index (χ0) is 11.3. The van der Waals surface area contributed by atoms with E-state index in [1.807, 2.05) is 19.9 Å². The van der Waals surface area contributed by atoms with Crippen molar-refractivity contribution in [2.45, 2.75) is 19.6 Å². The monoisotopic (exact) mass is 226 g/mol. The quantitative estimate of drug-likeness (QED) is 0.784. The molecule has 0 aromatic carbocycles. The zero-order valence-electron chi connectivity index (χ0n) is 8.82. The lowest BCUT2D eigenvalue weighted by atomic mass is 10.3. The highest BCUT2D eigenvalue weighted by molar-refractivity contribution is 7.98. The van der Waals surface area contributed by atoms with Crippen molar-refractivity contribution < 1.29 is 14.3 Å². The number of carboxylic acids is 1. The number of aryl methyl sites for hydroxylation is 1. The van der Waals surface area contributed by atoms with Gasteiger partial charge in [-0.05, 0) is 25.5 Å². The summed E-state index contributed by atoms with van der Waals surface area (Å²) >= 11 is 1.65. The molecule has 0 spiro atoms. The molecule has 0 saturated heterocycles. The Balaban J connectivity index is 2.34. The standard InChI is InChI=1S/C11H14O3S/c1-8(5-11(12)13)6-15-7-10-9(2)3-4-14-10/h3-5H,6-7H2,1-2H3,(H,12,13)/b8-5+. The van der Waals surface area contributed by atoms with Crippen LogP contribution in [0, 0.1) is 6.92 Å². The molecule has 0 fully saturated rings. The number of hydrogen-bond donors (Lipinski definition) is 1. The first kappa shape index (κ1) is 11.9. The van der Waals surface area contributed by atoms with E-state index in [1.165, 1.54) is 6.08 Å². The van der Waals surface area contributed by atoms with E-state index in [-0.39, 0.29) is 0 Å². The molecule has 0 aliphatic rings. The molecule has 1 heterocycles. The van der Waals surface area contributed by atoms with Gasteiger partial charge in [0, 0.05) is 11.8 Å². The summed E-state index contributed by atoms with van der Waals surface area (Å²) in [5, 5.41) is 8.51. The largest absolute Gasteiger partial charge is 0.478 e. The molecule has 1 N–H and O–H groups in total. The van der Waals surface area contributed by atoms with E-state index < -0.39 is 5.97 Å². The number of aliphatic carboxylic acids is 1. The van der Waals surface area contributed by atoms with Crippen LogP contribution in [-0.4, -0.2) is 16.8 Å². The van der Waals surface area contributed by atoms with Crippen molar-refractivity contribution in [1.82, 2.24) is 0 Å². The summed E-state index contributed by atoms with van der Waals surface area (Å²) in [6, 6.07) is 1.93. The highest BCUT2D eigenvalue weighted by Crippen LogP contribution is 2.18. The van der Waals surface area contributed by atoms with Crippen molar-refractivity contribution >= 4 is 17.7 Å². The molecule has 0 bridgehead atoms. The summed E-state index contributed by atoms with van der Waals surface area (Å²) in [5.74, 6) is 1.57. The number of carboxylic acid groups (broad SMARTS) is 1. The Labute approximate surface area is 93.2 Å². The topological polar surface area (TPSA) is 50.4 Å². The summed E-state index contributed by atoms with van der Waals surface area (Å²) in [5.41, 5.74) is 2.00. The summed E-state index contributed by atoms with van der Waals surface area (Å²) in [4.78, 5) is 10.4. The molecule has 1 rings (SSSR count). The number of furan rings is 1. The van der Waals surface area contributed by atoms with Gasteiger partial charge in [-0.2, -0.15) is 0 Å². The maximum absolute atomic E-state index is 10.4. The van der Waals surface area contributed by atoms with Crippen molar-refractivity contribution in [1.29, 1.82) is 0 Å². The van der Waals surface area contributed by atoms with Crippen LogP contribution in [0.3, 0.4) is 0 Å². The molecule has 0 amide bonds. The SMILES string of the molecule is C/C(=C\C(=O)O)CSCc1occc1C. The molecule has 15 heavy (non-hydrogen) atoms. The molecular weight excluding hydrogens is 212 g/mol. The Morgan fingerprint density at radius 3 is 2.93 bits per heavy atom. The lowest BCUT2D eigenvalue weighted by molar-refractivity contribution is -0.131. The van der Waals surface area contributed by atoms with Gasteiger partial charge in [0.2, 0.25) is 0 Å². The number of thioether (sulfide) groups is 1. The van der Waals surface area contributed by atoms with Crippen LogP contribution >= 0.6 is 11.8 Å². The lowest BCUT2D eigenvalue weighted by Gasteiger charge is -2.00. The maximum Gasteiger partial charge on any atom is 0.328 e. The van der Waals surface area contributed by atoms with Crippen LogP contribution in [0.5, 0.6) is 0 Å². The molecule has 0 aliphatic heterocycles. The Kier molecular flexibility index (Phi) is 4.49. The Hall–Kier alpha value is -1.16. The van der Waals surface area contributed by atoms with Gasteiger partial charge >= 0.3 is 5.97 Å². The molecule has 0 radical (unpaired) electrons. The lowest BCUT2D eigenvalue weighted by Crippen LogP contribution is -1.92. The molecule has 0 saturated carbocycles. The Morgan fingerprint density at radius 2 is 2.40 bits per heavy atom. The van der Waals surface area contributed by atoms with Gasteiger partial charge in [-0.25, -0.2) is 4.79 Å². The van der Waals surface area contributed by atoms with Crippen LogP contribution in [0.2, 0.25) is 0 Å². The highest BCUT2D eigenvalue weighted by Gasteiger charge is 2.02. The van der Waals surface area contributed by atoms with Crippen molar-refractivity contribution in [2.24, 2.45) is 0 Å². The van der Waals surface area contributed by atoms with Crippen LogP contribution in [0.1, 0.15) is 18.2 Å². The van der Waals surface area contributed by atoms with E-state index in [4.69, 9.17) is 9.52 Å². The van der Waals surface area contributed by atoms with Gasteiger partial charge in [-0.15, -0.1) is 11.8 Å². The fraction of sp³-hybridized carbons (Fsp3) is 0.364. The van der Waals surface area contributed by atoms with Crippen LogP contribution in [0.15, 0.2) is 28.4 Å². The first-order valence-electron chi connectivity index (χ1n) is 4.60. The third-order valence-corrected chi connectivity index (χ3v) is 3.03. The molecular formula is C11H14O3S. The third kappa shape index (κ3) is 4.25. The molecule has 1 aromatic heterocycles. The summed E-state index contributed by atoms with van der Waals surface area (Å²) < 4.78 is 5.27. The molecule has 82 valence electrons. The summed E-state index contributed by atoms with van der Waals surface area (Å²) in [6.07, 6.45) is 2.91. The molecule has 3 nitrogen and oxygen atoms in total. The van der Waals surface area contributed by atoms with E-state index in [0.717, 1.165) is 22.6 Å². The number of hydrogen-bond acceptors (Lipinski definition) is 3. The smallest absolute Gasteiger partial charge is 0.328 e. The minimum atomic E-state index is -0.887. The van der Waals surface area contributed by atoms with E-state index in [0.29, 0.717) is 5.75 Å². The minimum Gasteiger partial charge on any atom is -0.478 e. The van der Waals surface area contributed by atoms with Gasteiger partial charge in [-0.1, -0.05) is 5.57 Å². The third-order valence-electron chi connectivity index (χ3n) is 1.90. The molecule has 0 atom stereocenters. The van der Waals surface area contributed by atoms with E-state index in [1.54, 1.807) is 18.0 Å². The van der Waals surface area contributed by atoms with Gasteiger partial charge in [0.25, 0.3) is 0 Å². The van der Waals surface area contributed by atoms with Gasteiger partial charge < -0.3 is 9.52 Å². The Morgan fingerprint density at radius 1 is 1.67 bits per heavy atom. The first-order valence-corrected chi connectivity index (χ1v) is 5.76. The number of rotatable bonds is 5. The van der Waals surface area contributed by atoms with Crippen molar-refractivity contribution in [3.8, 4) is 0 Å². The second-order valence-electron chi connectivity index (χ2n) is 3.35. The van der Waals surface area contributed by atoms with Crippen LogP contribution in [-0.2, 0) is 10.5 Å². The predicted molar refractivity (Wildman–Crippen MR) is 61.0 cm³/mol.